The molecular formula is C30H37N2O7+. The number of nitrogens with one attached hydrogen (secondary N) is 1. The second kappa shape index (κ2) is 9.73. The highest BCUT2D eigenvalue weighted by molar-refractivity contribution is 6.05. The number of aryl methyl sites for hydroxylation is 1. The van der Waals surface area contributed by atoms with E-state index in [0.717, 1.165) is 16.7 Å². The predicted octanol–water partition coefficient (Wildman–Crippen LogP) is 3.75. The first-order valence-electron chi connectivity index (χ1n) is 13.4. The van der Waals surface area contributed by atoms with Crippen molar-refractivity contribution in [2.24, 2.45) is 10.8 Å². The Labute approximate surface area is 228 Å². The lowest BCUT2D eigenvalue weighted by atomic mass is 9.70. The fourth-order valence-electron chi connectivity index (χ4n) is 6.74. The molecule has 1 amide bonds. The summed E-state index contributed by atoms with van der Waals surface area (Å²) in [6, 6.07) is 10.6. The van der Waals surface area contributed by atoms with E-state index in [4.69, 9.17) is 14.2 Å². The van der Waals surface area contributed by atoms with Crippen molar-refractivity contribution in [2.75, 3.05) is 33.0 Å². The summed E-state index contributed by atoms with van der Waals surface area (Å²) in [5.41, 5.74) is 0.952. The number of hydrogen-bond donors (Lipinski definition) is 2. The Balaban J connectivity index is 1.82. The third kappa shape index (κ3) is 4.33. The molecule has 2 aromatic rings. The molecule has 39 heavy (non-hydrogen) atoms. The summed E-state index contributed by atoms with van der Waals surface area (Å²) in [5, 5.41) is 13.7. The number of Topliss-reactive ketones (excluding diaryl/α,β-unsaturated/α-hetero) is 1. The normalized spacial score (nSPS) is 28.5. The van der Waals surface area contributed by atoms with Gasteiger partial charge in [-0.1, -0.05) is 44.5 Å². The molecule has 1 fully saturated rings. The third-order valence-electron chi connectivity index (χ3n) is 8.26. The van der Waals surface area contributed by atoms with Gasteiger partial charge >= 0.3 is 11.9 Å². The molecule has 208 valence electrons. The zero-order chi connectivity index (χ0) is 28.2. The van der Waals surface area contributed by atoms with Crippen molar-refractivity contribution in [3.8, 4) is 11.5 Å². The maximum absolute atomic E-state index is 14.6. The van der Waals surface area contributed by atoms with Crippen molar-refractivity contribution in [3.63, 3.8) is 0 Å². The van der Waals surface area contributed by atoms with E-state index in [1.165, 1.54) is 6.92 Å². The Hall–Kier alpha value is -3.27. The summed E-state index contributed by atoms with van der Waals surface area (Å²) in [6.45, 7) is 9.99. The van der Waals surface area contributed by atoms with E-state index < -0.39 is 34.7 Å². The number of quaternary nitrogens is 1. The van der Waals surface area contributed by atoms with Crippen LogP contribution in [0.15, 0.2) is 36.4 Å². The summed E-state index contributed by atoms with van der Waals surface area (Å²) in [6.07, 6.45) is -0.317. The van der Waals surface area contributed by atoms with E-state index in [9.17, 15) is 19.5 Å². The number of ether oxygens (including phenoxy) is 3. The van der Waals surface area contributed by atoms with Crippen LogP contribution in [0, 0.1) is 17.8 Å². The number of benzene rings is 2. The van der Waals surface area contributed by atoms with Gasteiger partial charge < -0.3 is 24.6 Å². The summed E-state index contributed by atoms with van der Waals surface area (Å²) in [4.78, 5) is 40.9. The first kappa shape index (κ1) is 27.3. The Morgan fingerprint density at radius 2 is 1.92 bits per heavy atom. The van der Waals surface area contributed by atoms with Gasteiger partial charge in [-0.25, -0.2) is 9.28 Å². The Kier molecular flexibility index (Phi) is 6.81. The number of amides is 1. The third-order valence-corrected chi connectivity index (χ3v) is 8.26. The summed E-state index contributed by atoms with van der Waals surface area (Å²) < 4.78 is 17.6. The molecule has 3 aliphatic heterocycles. The number of fused-ring (bicyclic) bond motifs is 2. The van der Waals surface area contributed by atoms with Crippen LogP contribution in [-0.2, 0) is 19.1 Å². The van der Waals surface area contributed by atoms with Gasteiger partial charge in [-0.2, -0.15) is 0 Å². The van der Waals surface area contributed by atoms with Gasteiger partial charge in [-0.3, -0.25) is 9.59 Å². The second-order valence-corrected chi connectivity index (χ2v) is 12.1. The van der Waals surface area contributed by atoms with Gasteiger partial charge in [-0.05, 0) is 26.0 Å². The Morgan fingerprint density at radius 1 is 1.15 bits per heavy atom. The fourth-order valence-corrected chi connectivity index (χ4v) is 6.74. The molecule has 2 unspecified atom stereocenters. The van der Waals surface area contributed by atoms with Crippen LogP contribution in [0.5, 0.6) is 11.5 Å². The van der Waals surface area contributed by atoms with Gasteiger partial charge in [0.05, 0.1) is 6.54 Å². The number of carbonyl (C=O) groups is 3. The van der Waals surface area contributed by atoms with Gasteiger partial charge in [0.25, 0.3) is 0 Å². The number of hydrogen-bond acceptors (Lipinski definition) is 7. The summed E-state index contributed by atoms with van der Waals surface area (Å²) in [5.74, 6) is -0.762. The molecule has 9 heteroatoms. The van der Waals surface area contributed by atoms with Gasteiger partial charge in [0.1, 0.15) is 17.8 Å². The average Bonchev–Trinajstić information content (AvgIpc) is 3.32. The van der Waals surface area contributed by atoms with E-state index >= 15 is 0 Å². The number of nitrogens with zero attached hydrogens (tertiary/aromatic N) is 1. The highest BCUT2D eigenvalue weighted by Gasteiger charge is 2.65. The van der Waals surface area contributed by atoms with Crippen LogP contribution in [0.4, 0.5) is 5.69 Å². The number of carboxylic acid groups (broad SMARTS) is 1. The molecule has 3 heterocycles. The maximum Gasteiger partial charge on any atom is 0.344 e. The first-order chi connectivity index (χ1) is 18.4. The van der Waals surface area contributed by atoms with Crippen molar-refractivity contribution in [2.45, 2.75) is 53.2 Å². The number of aliphatic carboxylic acids is 1. The smallest absolute Gasteiger partial charge is 0.344 e. The van der Waals surface area contributed by atoms with Gasteiger partial charge in [-0.15, -0.1) is 0 Å². The van der Waals surface area contributed by atoms with Crippen LogP contribution in [0.1, 0.15) is 56.9 Å². The number of carbonyl (C=O) groups excluding carboxylic acids is 2. The highest BCUT2D eigenvalue weighted by atomic mass is 16.7. The largest absolute Gasteiger partial charge is 0.480 e. The van der Waals surface area contributed by atoms with Gasteiger partial charge in [0.15, 0.2) is 29.3 Å². The summed E-state index contributed by atoms with van der Waals surface area (Å²) >= 11 is 0. The zero-order valence-corrected chi connectivity index (χ0v) is 23.2. The van der Waals surface area contributed by atoms with Gasteiger partial charge in [0.2, 0.25) is 6.79 Å². The molecule has 5 rings (SSSR count). The molecule has 1 saturated heterocycles. The average molecular weight is 538 g/mol. The van der Waals surface area contributed by atoms with Crippen molar-refractivity contribution >= 4 is 23.3 Å². The van der Waals surface area contributed by atoms with Crippen LogP contribution >= 0.6 is 0 Å². The Morgan fingerprint density at radius 3 is 2.62 bits per heavy atom. The van der Waals surface area contributed by atoms with Gasteiger partial charge in [0, 0.05) is 42.1 Å². The highest BCUT2D eigenvalue weighted by Crippen LogP contribution is 2.51. The molecule has 0 aliphatic carbocycles. The zero-order valence-electron chi connectivity index (χ0n) is 23.2. The molecule has 3 aliphatic rings. The molecule has 0 saturated carbocycles. The molecule has 0 spiro atoms. The molecule has 2 N–H and O–H groups in total. The van der Waals surface area contributed by atoms with Crippen molar-refractivity contribution in [1.29, 1.82) is 0 Å². The SMILES string of the molecule is CC(=O)[C@@]1(C(=O)O)CNCC[C@H]1[N+]1(CC(C)(C)C)C(=O)COC(c2cccc3c2OCO3)c2cc(C)ccc21. The molecule has 0 aromatic heterocycles. The monoisotopic (exact) mass is 537 g/mol. The molecule has 0 bridgehead atoms. The predicted molar refractivity (Wildman–Crippen MR) is 145 cm³/mol. The van der Waals surface area contributed by atoms with E-state index in [-0.39, 0.29) is 30.3 Å². The lowest BCUT2D eigenvalue weighted by Gasteiger charge is -2.51. The minimum absolute atomic E-state index is 0.0391. The Bertz CT molecular complexity index is 1320. The number of ketones is 1. The fraction of sp³-hybridized carbons (Fsp3) is 0.500. The van der Waals surface area contributed by atoms with Crippen molar-refractivity contribution < 1.29 is 33.7 Å². The summed E-state index contributed by atoms with van der Waals surface area (Å²) in [7, 11) is 0. The lowest BCUT2D eigenvalue weighted by Crippen LogP contribution is -2.75. The van der Waals surface area contributed by atoms with E-state index in [1.54, 1.807) is 0 Å². The molecule has 0 radical (unpaired) electrons. The van der Waals surface area contributed by atoms with Crippen LogP contribution in [-0.4, -0.2) is 61.8 Å². The van der Waals surface area contributed by atoms with E-state index in [1.807, 2.05) is 64.1 Å². The molecule has 2 aromatic carbocycles. The standard InChI is InChI=1S/C30H36N2O7/c1-18-9-10-22-21(13-18)26(20-7-6-8-23-27(20)39-17-38-23)37-14-25(34)32(22,16-29(3,4)5)24-11-12-31-15-30(24,19(2)33)28(35)36/h6-10,13,24,26,31H,11-12,14-17H2,1-5H3/p+1/t24-,26?,30+,32?/m1/s1. The molecule has 9 nitrogen and oxygen atoms in total. The molecule has 4 atom stereocenters. The number of piperidine rings is 1. The van der Waals surface area contributed by atoms with Crippen molar-refractivity contribution in [1.82, 2.24) is 9.80 Å². The topological polar surface area (TPSA) is 111 Å². The van der Waals surface area contributed by atoms with E-state index in [2.05, 4.69) is 5.32 Å². The second-order valence-electron chi connectivity index (χ2n) is 12.1. The van der Waals surface area contributed by atoms with Crippen LogP contribution in [0.2, 0.25) is 0 Å². The minimum Gasteiger partial charge on any atom is -0.480 e. The van der Waals surface area contributed by atoms with Crippen LogP contribution in [0.25, 0.3) is 0 Å². The lowest BCUT2D eigenvalue weighted by molar-refractivity contribution is -0.164. The van der Waals surface area contributed by atoms with Crippen LogP contribution in [0.3, 0.4) is 0 Å². The number of para-hydroxylation sites is 1. The van der Waals surface area contributed by atoms with E-state index in [0.29, 0.717) is 36.7 Å². The first-order valence-corrected chi connectivity index (χ1v) is 13.4. The maximum atomic E-state index is 14.6. The minimum atomic E-state index is -1.79. The molecular weight excluding hydrogens is 500 g/mol. The number of carboxylic acids is 1. The van der Waals surface area contributed by atoms with Crippen molar-refractivity contribution in [3.05, 3.63) is 53.1 Å². The van der Waals surface area contributed by atoms with Crippen LogP contribution < -0.4 is 19.3 Å². The number of rotatable bonds is 5. The quantitative estimate of drug-likeness (QED) is 0.438.